The van der Waals surface area contributed by atoms with Crippen molar-refractivity contribution in [2.75, 3.05) is 29.1 Å². The lowest BCUT2D eigenvalue weighted by Crippen LogP contribution is -2.29. The van der Waals surface area contributed by atoms with Crippen molar-refractivity contribution in [3.05, 3.63) is 42.5 Å². The third-order valence-corrected chi connectivity index (χ3v) is 7.42. The normalized spacial score (nSPS) is 14.6. The standard InChI is InChI=1S/C22H27N5O3S2/c1-2-27-20-11-10-18(32(23,29)30)14-19(20)25-22(27)31-15-21(28)24-16-6-8-17(9-7-16)26-12-4-3-5-13-26/h6-11,14H,2-5,12-13,15H2,1H3,(H,24,28)(H2,23,29,30). The van der Waals surface area contributed by atoms with Gasteiger partial charge in [-0.3, -0.25) is 4.79 Å². The molecule has 8 nitrogen and oxygen atoms in total. The van der Waals surface area contributed by atoms with Crippen LogP contribution in [0.25, 0.3) is 11.0 Å². The Bertz CT molecular complexity index is 1220. The molecule has 0 aliphatic carbocycles. The number of rotatable bonds is 7. The Morgan fingerprint density at radius 1 is 1.12 bits per heavy atom. The van der Waals surface area contributed by atoms with E-state index in [0.717, 1.165) is 24.3 Å². The molecule has 1 fully saturated rings. The summed E-state index contributed by atoms with van der Waals surface area (Å²) in [6, 6.07) is 12.6. The maximum Gasteiger partial charge on any atom is 0.238 e. The number of nitrogens with zero attached hydrogens (tertiary/aromatic N) is 3. The number of amides is 1. The fourth-order valence-corrected chi connectivity index (χ4v) is 5.33. The van der Waals surface area contributed by atoms with Gasteiger partial charge in [-0.1, -0.05) is 11.8 Å². The van der Waals surface area contributed by atoms with Crippen molar-refractivity contribution < 1.29 is 13.2 Å². The van der Waals surface area contributed by atoms with Crippen molar-refractivity contribution >= 4 is 50.1 Å². The van der Waals surface area contributed by atoms with Gasteiger partial charge >= 0.3 is 0 Å². The first-order valence-corrected chi connectivity index (χ1v) is 13.2. The number of nitrogens with two attached hydrogens (primary N) is 1. The number of imidazole rings is 1. The Kier molecular flexibility index (Phi) is 6.73. The number of anilines is 2. The second kappa shape index (κ2) is 9.51. The molecular weight excluding hydrogens is 446 g/mol. The molecule has 1 amide bonds. The third-order valence-electron chi connectivity index (χ3n) is 5.53. The van der Waals surface area contributed by atoms with Crippen molar-refractivity contribution in [3.8, 4) is 0 Å². The van der Waals surface area contributed by atoms with E-state index < -0.39 is 10.0 Å². The maximum absolute atomic E-state index is 12.5. The maximum atomic E-state index is 12.5. The number of carbonyl (C=O) groups is 1. The lowest BCUT2D eigenvalue weighted by atomic mass is 10.1. The second-order valence-corrected chi connectivity index (χ2v) is 10.3. The lowest BCUT2D eigenvalue weighted by molar-refractivity contribution is -0.113. The monoisotopic (exact) mass is 473 g/mol. The van der Waals surface area contributed by atoms with E-state index in [1.807, 2.05) is 35.8 Å². The highest BCUT2D eigenvalue weighted by molar-refractivity contribution is 7.99. The molecule has 2 aromatic carbocycles. The van der Waals surface area contributed by atoms with Crippen LogP contribution in [-0.2, 0) is 21.4 Å². The SMILES string of the molecule is CCn1c(SCC(=O)Nc2ccc(N3CCCCC3)cc2)nc2cc(S(N)(=O)=O)ccc21. The van der Waals surface area contributed by atoms with Gasteiger partial charge in [0.05, 0.1) is 21.7 Å². The Labute approximate surface area is 192 Å². The number of hydrogen-bond acceptors (Lipinski definition) is 6. The first-order valence-electron chi connectivity index (χ1n) is 10.7. The van der Waals surface area contributed by atoms with Crippen molar-refractivity contribution in [3.63, 3.8) is 0 Å². The van der Waals surface area contributed by atoms with Gasteiger partial charge in [0.15, 0.2) is 5.16 Å². The van der Waals surface area contributed by atoms with Gasteiger partial charge < -0.3 is 14.8 Å². The van der Waals surface area contributed by atoms with Crippen LogP contribution < -0.4 is 15.4 Å². The minimum atomic E-state index is -3.80. The molecule has 3 N–H and O–H groups in total. The van der Waals surface area contributed by atoms with Gasteiger partial charge in [-0.05, 0) is 68.7 Å². The summed E-state index contributed by atoms with van der Waals surface area (Å²) in [6.45, 7) is 4.79. The third kappa shape index (κ3) is 5.08. The number of carbonyl (C=O) groups excluding carboxylic acids is 1. The summed E-state index contributed by atoms with van der Waals surface area (Å²) < 4.78 is 25.2. The lowest BCUT2D eigenvalue weighted by Gasteiger charge is -2.28. The van der Waals surface area contributed by atoms with Crippen LogP contribution >= 0.6 is 11.8 Å². The number of piperidine rings is 1. The molecule has 170 valence electrons. The zero-order chi connectivity index (χ0) is 22.7. The van der Waals surface area contributed by atoms with E-state index in [9.17, 15) is 13.2 Å². The van der Waals surface area contributed by atoms with E-state index in [1.54, 1.807) is 6.07 Å². The van der Waals surface area contributed by atoms with Crippen LogP contribution in [0, 0.1) is 0 Å². The molecule has 0 bridgehead atoms. The van der Waals surface area contributed by atoms with Crippen molar-refractivity contribution in [1.29, 1.82) is 0 Å². The molecule has 0 atom stereocenters. The van der Waals surface area contributed by atoms with Gasteiger partial charge in [-0.25, -0.2) is 18.5 Å². The number of nitrogens with one attached hydrogen (secondary N) is 1. The smallest absolute Gasteiger partial charge is 0.238 e. The van der Waals surface area contributed by atoms with Crippen LogP contribution in [0.1, 0.15) is 26.2 Å². The molecular formula is C22H27N5O3S2. The number of thioether (sulfide) groups is 1. The second-order valence-electron chi connectivity index (χ2n) is 7.77. The first-order chi connectivity index (χ1) is 15.3. The van der Waals surface area contributed by atoms with Crippen LogP contribution in [-0.4, -0.2) is 42.7 Å². The molecule has 3 aromatic rings. The highest BCUT2D eigenvalue weighted by atomic mass is 32.2. The summed E-state index contributed by atoms with van der Waals surface area (Å²) in [5.41, 5.74) is 3.29. The van der Waals surface area contributed by atoms with Crippen molar-refractivity contribution in [2.24, 2.45) is 5.14 Å². The molecule has 1 aliphatic heterocycles. The molecule has 32 heavy (non-hydrogen) atoms. The molecule has 0 radical (unpaired) electrons. The molecule has 4 rings (SSSR count). The summed E-state index contributed by atoms with van der Waals surface area (Å²) in [7, 11) is -3.80. The molecule has 0 spiro atoms. The Hall–Kier alpha value is -2.56. The number of sulfonamides is 1. The zero-order valence-corrected chi connectivity index (χ0v) is 19.6. The minimum absolute atomic E-state index is 0.0213. The summed E-state index contributed by atoms with van der Waals surface area (Å²) >= 11 is 1.31. The summed E-state index contributed by atoms with van der Waals surface area (Å²) in [5, 5.41) is 8.81. The van der Waals surface area contributed by atoms with Gasteiger partial charge in [0.2, 0.25) is 15.9 Å². The Morgan fingerprint density at radius 3 is 2.50 bits per heavy atom. The number of fused-ring (bicyclic) bond motifs is 1. The largest absolute Gasteiger partial charge is 0.372 e. The van der Waals surface area contributed by atoms with Gasteiger partial charge in [0, 0.05) is 31.0 Å². The molecule has 1 aliphatic rings. The fourth-order valence-electron chi connectivity index (χ4n) is 3.92. The van der Waals surface area contributed by atoms with E-state index in [1.165, 1.54) is 48.8 Å². The predicted octanol–water partition coefficient (Wildman–Crippen LogP) is 3.42. The van der Waals surface area contributed by atoms with Gasteiger partial charge in [0.1, 0.15) is 0 Å². The minimum Gasteiger partial charge on any atom is -0.372 e. The van der Waals surface area contributed by atoms with Crippen molar-refractivity contribution in [1.82, 2.24) is 9.55 Å². The average Bonchev–Trinajstić information content (AvgIpc) is 3.15. The van der Waals surface area contributed by atoms with Crippen LogP contribution in [0.4, 0.5) is 11.4 Å². The highest BCUT2D eigenvalue weighted by Crippen LogP contribution is 2.26. The molecule has 10 heteroatoms. The molecule has 1 aromatic heterocycles. The topological polar surface area (TPSA) is 110 Å². The van der Waals surface area contributed by atoms with E-state index in [4.69, 9.17) is 5.14 Å². The van der Waals surface area contributed by atoms with E-state index in [-0.39, 0.29) is 16.6 Å². The van der Waals surface area contributed by atoms with Crippen molar-refractivity contribution in [2.45, 2.75) is 42.8 Å². The summed E-state index contributed by atoms with van der Waals surface area (Å²) in [4.78, 5) is 19.4. The number of benzene rings is 2. The predicted molar refractivity (Wildman–Crippen MR) is 129 cm³/mol. The van der Waals surface area contributed by atoms with Crippen LogP contribution in [0.3, 0.4) is 0 Å². The molecule has 0 unspecified atom stereocenters. The van der Waals surface area contributed by atoms with Crippen LogP contribution in [0.15, 0.2) is 52.5 Å². The fraction of sp³-hybridized carbons (Fsp3) is 0.364. The van der Waals surface area contributed by atoms with Gasteiger partial charge in [-0.2, -0.15) is 0 Å². The number of aryl methyl sites for hydroxylation is 1. The van der Waals surface area contributed by atoms with E-state index in [2.05, 4.69) is 15.2 Å². The molecule has 0 saturated carbocycles. The van der Waals surface area contributed by atoms with Crippen LogP contribution in [0.2, 0.25) is 0 Å². The highest BCUT2D eigenvalue weighted by Gasteiger charge is 2.16. The molecule has 1 saturated heterocycles. The average molecular weight is 474 g/mol. The Balaban J connectivity index is 1.41. The number of hydrogen-bond donors (Lipinski definition) is 2. The zero-order valence-electron chi connectivity index (χ0n) is 18.0. The summed E-state index contributed by atoms with van der Waals surface area (Å²) in [6.07, 6.45) is 3.74. The van der Waals surface area contributed by atoms with E-state index in [0.29, 0.717) is 17.2 Å². The first kappa shape index (κ1) is 22.6. The number of primary sulfonamides is 1. The molecule has 2 heterocycles. The van der Waals surface area contributed by atoms with Gasteiger partial charge in [-0.15, -0.1) is 0 Å². The quantitative estimate of drug-likeness (QED) is 0.509. The van der Waals surface area contributed by atoms with E-state index >= 15 is 0 Å². The van der Waals surface area contributed by atoms with Gasteiger partial charge in [0.25, 0.3) is 0 Å². The number of aromatic nitrogens is 2. The summed E-state index contributed by atoms with van der Waals surface area (Å²) in [5.74, 6) is 0.0693. The Morgan fingerprint density at radius 2 is 1.84 bits per heavy atom. The van der Waals surface area contributed by atoms with Crippen LogP contribution in [0.5, 0.6) is 0 Å².